The lowest BCUT2D eigenvalue weighted by atomic mass is 9.97. The molecule has 1 aromatic rings. The first-order valence-electron chi connectivity index (χ1n) is 6.19. The molecule has 1 saturated carbocycles. The van der Waals surface area contributed by atoms with Gasteiger partial charge in [0.05, 0.1) is 6.04 Å². The second-order valence-corrected chi connectivity index (χ2v) is 4.81. The Morgan fingerprint density at radius 3 is 3.00 bits per heavy atom. The third-order valence-corrected chi connectivity index (χ3v) is 3.84. The van der Waals surface area contributed by atoms with Gasteiger partial charge in [-0.15, -0.1) is 0 Å². The Morgan fingerprint density at radius 1 is 1.27 bits per heavy atom. The number of fused-ring (bicyclic) bond motifs is 1. The quantitative estimate of drug-likeness (QED) is 0.761. The summed E-state index contributed by atoms with van der Waals surface area (Å²) in [7, 11) is 0. The van der Waals surface area contributed by atoms with E-state index in [1.807, 2.05) is 6.20 Å². The highest BCUT2D eigenvalue weighted by atomic mass is 15.1. The van der Waals surface area contributed by atoms with Gasteiger partial charge in [-0.3, -0.25) is 0 Å². The number of nitrogens with zero attached hydrogens (tertiary/aromatic N) is 2. The summed E-state index contributed by atoms with van der Waals surface area (Å²) in [6.07, 6.45) is 10.9. The van der Waals surface area contributed by atoms with Gasteiger partial charge in [-0.2, -0.15) is 0 Å². The second kappa shape index (κ2) is 3.97. The zero-order valence-electron chi connectivity index (χ0n) is 9.15. The molecule has 0 bridgehead atoms. The molecule has 0 amide bonds. The fourth-order valence-electron chi connectivity index (χ4n) is 3.06. The van der Waals surface area contributed by atoms with Crippen molar-refractivity contribution in [1.82, 2.24) is 14.9 Å². The van der Waals surface area contributed by atoms with Gasteiger partial charge in [0.1, 0.15) is 5.82 Å². The molecule has 2 heterocycles. The lowest BCUT2D eigenvalue weighted by Gasteiger charge is -2.22. The summed E-state index contributed by atoms with van der Waals surface area (Å²) in [5, 5.41) is 3.68. The molecule has 3 heteroatoms. The topological polar surface area (TPSA) is 29.9 Å². The predicted octanol–water partition coefficient (Wildman–Crippen LogP) is 2.11. The molecule has 1 fully saturated rings. The van der Waals surface area contributed by atoms with Crippen LogP contribution in [-0.4, -0.2) is 16.1 Å². The molecule has 1 aliphatic carbocycles. The van der Waals surface area contributed by atoms with E-state index in [0.717, 1.165) is 19.0 Å². The Labute approximate surface area is 90.9 Å². The van der Waals surface area contributed by atoms with Crippen molar-refractivity contribution < 1.29 is 0 Å². The summed E-state index contributed by atoms with van der Waals surface area (Å²) in [5.74, 6) is 2.10. The SMILES string of the molecule is c1cn2c(n1)C(C1CCCC1)NCCC2. The molecular weight excluding hydrogens is 186 g/mol. The predicted molar refractivity (Wildman–Crippen MR) is 59.5 cm³/mol. The lowest BCUT2D eigenvalue weighted by molar-refractivity contribution is 0.361. The van der Waals surface area contributed by atoms with Crippen molar-refractivity contribution in [2.24, 2.45) is 5.92 Å². The first-order chi connectivity index (χ1) is 7.45. The van der Waals surface area contributed by atoms with Crippen LogP contribution in [-0.2, 0) is 6.54 Å². The molecule has 2 aliphatic rings. The molecule has 1 aromatic heterocycles. The van der Waals surface area contributed by atoms with Crippen molar-refractivity contribution >= 4 is 0 Å². The molecule has 82 valence electrons. The summed E-state index contributed by atoms with van der Waals surface area (Å²) in [4.78, 5) is 4.54. The van der Waals surface area contributed by atoms with E-state index >= 15 is 0 Å². The van der Waals surface area contributed by atoms with Crippen molar-refractivity contribution in [1.29, 1.82) is 0 Å². The van der Waals surface area contributed by atoms with Gasteiger partial charge in [0, 0.05) is 18.9 Å². The fourth-order valence-corrected chi connectivity index (χ4v) is 3.06. The molecule has 3 rings (SSSR count). The normalized spacial score (nSPS) is 27.6. The number of hydrogen-bond donors (Lipinski definition) is 1. The van der Waals surface area contributed by atoms with E-state index in [2.05, 4.69) is 21.1 Å². The van der Waals surface area contributed by atoms with Gasteiger partial charge in [0.25, 0.3) is 0 Å². The van der Waals surface area contributed by atoms with Crippen molar-refractivity contribution in [2.75, 3.05) is 6.54 Å². The van der Waals surface area contributed by atoms with Crippen LogP contribution in [0.5, 0.6) is 0 Å². The number of aromatic nitrogens is 2. The Kier molecular flexibility index (Phi) is 2.49. The van der Waals surface area contributed by atoms with Crippen LogP contribution >= 0.6 is 0 Å². The fraction of sp³-hybridized carbons (Fsp3) is 0.750. The molecule has 3 nitrogen and oxygen atoms in total. The van der Waals surface area contributed by atoms with Crippen LogP contribution in [0.3, 0.4) is 0 Å². The molecule has 1 N–H and O–H groups in total. The van der Waals surface area contributed by atoms with Gasteiger partial charge in [0.15, 0.2) is 0 Å². The maximum atomic E-state index is 4.54. The van der Waals surface area contributed by atoms with Crippen LogP contribution in [0.25, 0.3) is 0 Å². The van der Waals surface area contributed by atoms with Crippen LogP contribution in [0.15, 0.2) is 12.4 Å². The van der Waals surface area contributed by atoms with E-state index in [1.54, 1.807) is 0 Å². The van der Waals surface area contributed by atoms with Crippen LogP contribution < -0.4 is 5.32 Å². The van der Waals surface area contributed by atoms with Gasteiger partial charge in [-0.1, -0.05) is 12.8 Å². The monoisotopic (exact) mass is 205 g/mol. The third-order valence-electron chi connectivity index (χ3n) is 3.84. The van der Waals surface area contributed by atoms with Crippen molar-refractivity contribution in [2.45, 2.75) is 44.7 Å². The van der Waals surface area contributed by atoms with E-state index in [9.17, 15) is 0 Å². The van der Waals surface area contributed by atoms with E-state index in [1.165, 1.54) is 37.9 Å². The van der Waals surface area contributed by atoms with Gasteiger partial charge >= 0.3 is 0 Å². The van der Waals surface area contributed by atoms with E-state index in [4.69, 9.17) is 0 Å². The van der Waals surface area contributed by atoms with Crippen LogP contribution in [0.1, 0.15) is 44.0 Å². The van der Waals surface area contributed by atoms with Crippen molar-refractivity contribution in [3.63, 3.8) is 0 Å². The maximum Gasteiger partial charge on any atom is 0.126 e. The first-order valence-corrected chi connectivity index (χ1v) is 6.19. The second-order valence-electron chi connectivity index (χ2n) is 4.81. The van der Waals surface area contributed by atoms with E-state index < -0.39 is 0 Å². The van der Waals surface area contributed by atoms with Crippen LogP contribution in [0.4, 0.5) is 0 Å². The zero-order valence-corrected chi connectivity index (χ0v) is 9.15. The van der Waals surface area contributed by atoms with E-state index in [-0.39, 0.29) is 0 Å². The van der Waals surface area contributed by atoms with Gasteiger partial charge in [-0.05, 0) is 31.7 Å². The minimum absolute atomic E-state index is 0.519. The number of rotatable bonds is 1. The Bertz CT molecular complexity index is 325. The van der Waals surface area contributed by atoms with Gasteiger partial charge in [-0.25, -0.2) is 4.98 Å². The average molecular weight is 205 g/mol. The number of nitrogens with one attached hydrogen (secondary N) is 1. The zero-order chi connectivity index (χ0) is 10.1. The molecule has 1 atom stereocenters. The highest BCUT2D eigenvalue weighted by Crippen LogP contribution is 2.35. The number of hydrogen-bond acceptors (Lipinski definition) is 2. The largest absolute Gasteiger partial charge is 0.334 e. The molecular formula is C12H19N3. The lowest BCUT2D eigenvalue weighted by Crippen LogP contribution is -2.27. The van der Waals surface area contributed by atoms with Crippen molar-refractivity contribution in [3.05, 3.63) is 18.2 Å². The number of imidazole rings is 1. The maximum absolute atomic E-state index is 4.54. The smallest absolute Gasteiger partial charge is 0.126 e. The standard InChI is InChI=1S/C12H19N3/c1-2-5-10(4-1)11-12-14-7-9-15(12)8-3-6-13-11/h7,9-11,13H,1-6,8H2. The molecule has 0 aromatic carbocycles. The Morgan fingerprint density at radius 2 is 2.13 bits per heavy atom. The summed E-state index contributed by atoms with van der Waals surface area (Å²) >= 11 is 0. The summed E-state index contributed by atoms with van der Waals surface area (Å²) in [6, 6.07) is 0.519. The molecule has 1 unspecified atom stereocenters. The van der Waals surface area contributed by atoms with Gasteiger partial charge < -0.3 is 9.88 Å². The minimum Gasteiger partial charge on any atom is -0.334 e. The highest BCUT2D eigenvalue weighted by Gasteiger charge is 2.29. The van der Waals surface area contributed by atoms with Crippen LogP contribution in [0, 0.1) is 5.92 Å². The molecule has 0 saturated heterocycles. The Balaban J connectivity index is 1.88. The minimum atomic E-state index is 0.519. The summed E-state index contributed by atoms with van der Waals surface area (Å²) in [5.41, 5.74) is 0. The van der Waals surface area contributed by atoms with Crippen molar-refractivity contribution in [3.8, 4) is 0 Å². The van der Waals surface area contributed by atoms with E-state index in [0.29, 0.717) is 6.04 Å². The summed E-state index contributed by atoms with van der Waals surface area (Å²) < 4.78 is 2.34. The first kappa shape index (κ1) is 9.40. The Hall–Kier alpha value is -0.830. The highest BCUT2D eigenvalue weighted by molar-refractivity contribution is 5.04. The molecule has 1 aliphatic heterocycles. The summed E-state index contributed by atoms with van der Waals surface area (Å²) in [6.45, 7) is 2.27. The number of aryl methyl sites for hydroxylation is 1. The van der Waals surface area contributed by atoms with Crippen LogP contribution in [0.2, 0.25) is 0 Å². The third kappa shape index (κ3) is 1.69. The van der Waals surface area contributed by atoms with Gasteiger partial charge in [0.2, 0.25) is 0 Å². The molecule has 0 spiro atoms. The average Bonchev–Trinajstić information content (AvgIpc) is 2.88. The molecule has 0 radical (unpaired) electrons. The molecule has 15 heavy (non-hydrogen) atoms.